The highest BCUT2D eigenvalue weighted by Crippen LogP contribution is 2.19. The van der Waals surface area contributed by atoms with Crippen molar-refractivity contribution >= 4 is 27.3 Å². The predicted octanol–water partition coefficient (Wildman–Crippen LogP) is 1.52. The van der Waals surface area contributed by atoms with Crippen molar-refractivity contribution in [2.24, 2.45) is 0 Å². The SMILES string of the molecule is O=C(O)c1cc(S(=O)(=O)NCc2ccoc2)cs1. The van der Waals surface area contributed by atoms with Gasteiger partial charge >= 0.3 is 5.97 Å². The zero-order valence-electron chi connectivity index (χ0n) is 8.99. The number of hydrogen-bond donors (Lipinski definition) is 2. The molecule has 0 atom stereocenters. The van der Waals surface area contributed by atoms with Gasteiger partial charge in [0.05, 0.1) is 17.4 Å². The van der Waals surface area contributed by atoms with Gasteiger partial charge in [-0.3, -0.25) is 0 Å². The average molecular weight is 287 g/mol. The van der Waals surface area contributed by atoms with E-state index in [1.807, 2.05) is 0 Å². The van der Waals surface area contributed by atoms with Crippen molar-refractivity contribution in [2.75, 3.05) is 0 Å². The van der Waals surface area contributed by atoms with Crippen LogP contribution in [0.3, 0.4) is 0 Å². The van der Waals surface area contributed by atoms with E-state index in [0.717, 1.165) is 17.4 Å². The molecule has 0 aliphatic heterocycles. The van der Waals surface area contributed by atoms with Crippen molar-refractivity contribution in [1.29, 1.82) is 0 Å². The molecule has 0 fully saturated rings. The average Bonchev–Trinajstić information content (AvgIpc) is 2.98. The molecular formula is C10H9NO5S2. The van der Waals surface area contributed by atoms with Crippen molar-refractivity contribution in [1.82, 2.24) is 4.72 Å². The number of furan rings is 1. The van der Waals surface area contributed by atoms with Gasteiger partial charge in [0.1, 0.15) is 4.88 Å². The molecule has 2 rings (SSSR count). The maximum atomic E-state index is 11.8. The van der Waals surface area contributed by atoms with Crippen molar-refractivity contribution in [2.45, 2.75) is 11.4 Å². The molecule has 0 aliphatic carbocycles. The van der Waals surface area contributed by atoms with Gasteiger partial charge in [-0.1, -0.05) is 0 Å². The standard InChI is InChI=1S/C10H9NO5S2/c12-10(13)9-3-8(6-17-9)18(14,15)11-4-7-1-2-16-5-7/h1-3,5-6,11H,4H2,(H,12,13). The molecule has 0 aliphatic rings. The summed E-state index contributed by atoms with van der Waals surface area (Å²) in [5, 5.41) is 10.0. The van der Waals surface area contributed by atoms with Gasteiger partial charge in [-0.2, -0.15) is 0 Å². The Bertz CT molecular complexity index is 642. The first-order valence-corrected chi connectivity index (χ1v) is 7.18. The fraction of sp³-hybridized carbons (Fsp3) is 0.100. The predicted molar refractivity (Wildman–Crippen MR) is 64.0 cm³/mol. The first kappa shape index (κ1) is 12.8. The number of nitrogens with one attached hydrogen (secondary N) is 1. The summed E-state index contributed by atoms with van der Waals surface area (Å²) < 4.78 is 30.8. The van der Waals surface area contributed by atoms with Gasteiger partial charge < -0.3 is 9.52 Å². The summed E-state index contributed by atoms with van der Waals surface area (Å²) in [6.07, 6.45) is 2.87. The molecule has 8 heteroatoms. The second-order valence-electron chi connectivity index (χ2n) is 3.41. The van der Waals surface area contributed by atoms with E-state index in [4.69, 9.17) is 9.52 Å². The summed E-state index contributed by atoms with van der Waals surface area (Å²) >= 11 is 0.871. The van der Waals surface area contributed by atoms with Gasteiger partial charge in [0.25, 0.3) is 0 Å². The van der Waals surface area contributed by atoms with Gasteiger partial charge in [-0.15, -0.1) is 11.3 Å². The first-order valence-electron chi connectivity index (χ1n) is 4.81. The van der Waals surface area contributed by atoms with Gasteiger partial charge in [-0.05, 0) is 12.1 Å². The monoisotopic (exact) mass is 287 g/mol. The molecule has 0 radical (unpaired) electrons. The number of aromatic carboxylic acids is 1. The number of carbonyl (C=O) groups is 1. The van der Waals surface area contributed by atoms with Gasteiger partial charge in [0.2, 0.25) is 10.0 Å². The number of carboxylic acid groups (broad SMARTS) is 1. The van der Waals surface area contributed by atoms with Crippen LogP contribution in [0.25, 0.3) is 0 Å². The molecule has 2 heterocycles. The third-order valence-electron chi connectivity index (χ3n) is 2.14. The lowest BCUT2D eigenvalue weighted by molar-refractivity contribution is 0.0702. The van der Waals surface area contributed by atoms with Crippen molar-refractivity contribution in [3.8, 4) is 0 Å². The number of hydrogen-bond acceptors (Lipinski definition) is 5. The van der Waals surface area contributed by atoms with Crippen LogP contribution < -0.4 is 4.72 Å². The van der Waals surface area contributed by atoms with Crippen molar-refractivity contribution in [3.63, 3.8) is 0 Å². The van der Waals surface area contributed by atoms with E-state index < -0.39 is 16.0 Å². The lowest BCUT2D eigenvalue weighted by atomic mass is 10.4. The number of rotatable bonds is 5. The molecule has 0 amide bonds. The molecule has 6 nitrogen and oxygen atoms in total. The van der Waals surface area contributed by atoms with Crippen LogP contribution in [0.1, 0.15) is 15.2 Å². The third-order valence-corrected chi connectivity index (χ3v) is 4.59. The molecule has 0 saturated carbocycles. The Morgan fingerprint density at radius 2 is 2.28 bits per heavy atom. The normalized spacial score (nSPS) is 11.6. The van der Waals surface area contributed by atoms with E-state index in [-0.39, 0.29) is 16.3 Å². The molecule has 0 saturated heterocycles. The summed E-state index contributed by atoms with van der Waals surface area (Å²) in [7, 11) is -3.69. The van der Waals surface area contributed by atoms with Crippen molar-refractivity contribution in [3.05, 3.63) is 40.5 Å². The van der Waals surface area contributed by atoms with E-state index in [2.05, 4.69) is 4.72 Å². The van der Waals surface area contributed by atoms with Crippen LogP contribution >= 0.6 is 11.3 Å². The minimum absolute atomic E-state index is 0.0151. The smallest absolute Gasteiger partial charge is 0.345 e. The van der Waals surface area contributed by atoms with E-state index in [1.165, 1.54) is 17.9 Å². The Labute approximate surface area is 107 Å². The Balaban J connectivity index is 2.12. The summed E-state index contributed by atoms with van der Waals surface area (Å²) in [6, 6.07) is 2.77. The molecule has 0 spiro atoms. The van der Waals surface area contributed by atoms with Crippen LogP contribution in [0.5, 0.6) is 0 Å². The van der Waals surface area contributed by atoms with Crippen LogP contribution in [0.2, 0.25) is 0 Å². The van der Waals surface area contributed by atoms with Gasteiger partial charge in [-0.25, -0.2) is 17.9 Å². The van der Waals surface area contributed by atoms with Crippen LogP contribution in [-0.4, -0.2) is 19.5 Å². The lowest BCUT2D eigenvalue weighted by Gasteiger charge is -2.02. The van der Waals surface area contributed by atoms with Gasteiger partial charge in [0.15, 0.2) is 0 Å². The molecule has 0 aromatic carbocycles. The van der Waals surface area contributed by atoms with Crippen LogP contribution in [0, 0.1) is 0 Å². The summed E-state index contributed by atoms with van der Waals surface area (Å²) in [6.45, 7) is 0.0943. The maximum absolute atomic E-state index is 11.8. The second-order valence-corrected chi connectivity index (χ2v) is 6.09. The van der Waals surface area contributed by atoms with Crippen LogP contribution in [0.15, 0.2) is 39.4 Å². The number of thiophene rings is 1. The molecule has 2 N–H and O–H groups in total. The first-order chi connectivity index (χ1) is 8.49. The highest BCUT2D eigenvalue weighted by Gasteiger charge is 2.18. The van der Waals surface area contributed by atoms with E-state index in [1.54, 1.807) is 6.07 Å². The molecule has 2 aromatic heterocycles. The summed E-state index contributed by atoms with van der Waals surface area (Å²) in [5.74, 6) is -1.14. The van der Waals surface area contributed by atoms with Crippen LogP contribution in [-0.2, 0) is 16.6 Å². The quantitative estimate of drug-likeness (QED) is 0.869. The Morgan fingerprint density at radius 1 is 1.50 bits per heavy atom. The Hall–Kier alpha value is -1.64. The van der Waals surface area contributed by atoms with Crippen LogP contribution in [0.4, 0.5) is 0 Å². The highest BCUT2D eigenvalue weighted by atomic mass is 32.2. The van der Waals surface area contributed by atoms with Gasteiger partial charge in [0, 0.05) is 17.5 Å². The van der Waals surface area contributed by atoms with E-state index >= 15 is 0 Å². The fourth-order valence-corrected chi connectivity index (χ4v) is 3.36. The molecular weight excluding hydrogens is 278 g/mol. The molecule has 2 aromatic rings. The number of sulfonamides is 1. The molecule has 96 valence electrons. The zero-order chi connectivity index (χ0) is 13.2. The molecule has 0 unspecified atom stereocenters. The molecule has 0 bridgehead atoms. The van der Waals surface area contributed by atoms with E-state index in [9.17, 15) is 13.2 Å². The fourth-order valence-electron chi connectivity index (χ4n) is 1.23. The third kappa shape index (κ3) is 2.78. The minimum Gasteiger partial charge on any atom is -0.477 e. The summed E-state index contributed by atoms with van der Waals surface area (Å²) in [4.78, 5) is 10.6. The largest absolute Gasteiger partial charge is 0.477 e. The Morgan fingerprint density at radius 3 is 2.83 bits per heavy atom. The second kappa shape index (κ2) is 4.92. The van der Waals surface area contributed by atoms with E-state index in [0.29, 0.717) is 5.56 Å². The summed E-state index contributed by atoms with van der Waals surface area (Å²) in [5.41, 5.74) is 0.687. The highest BCUT2D eigenvalue weighted by molar-refractivity contribution is 7.89. The topological polar surface area (TPSA) is 96.6 Å². The molecule has 18 heavy (non-hydrogen) atoms. The zero-order valence-corrected chi connectivity index (χ0v) is 10.6. The minimum atomic E-state index is -3.69. The van der Waals surface area contributed by atoms with Crippen molar-refractivity contribution < 1.29 is 22.7 Å². The lowest BCUT2D eigenvalue weighted by Crippen LogP contribution is -2.22. The maximum Gasteiger partial charge on any atom is 0.345 e. The number of carboxylic acids is 1. The Kier molecular flexibility index (Phi) is 3.50.